The quantitative estimate of drug-likeness (QED) is 0.720. The van der Waals surface area contributed by atoms with Crippen LogP contribution in [0.3, 0.4) is 0 Å². The van der Waals surface area contributed by atoms with Crippen LogP contribution in [0.2, 0.25) is 0 Å². The van der Waals surface area contributed by atoms with Gasteiger partial charge in [-0.25, -0.2) is 0 Å². The normalized spacial score (nSPS) is 21.4. The zero-order valence-electron chi connectivity index (χ0n) is 11.2. The molecule has 5 heteroatoms. The van der Waals surface area contributed by atoms with E-state index in [1.807, 2.05) is 16.7 Å². The van der Waals surface area contributed by atoms with Gasteiger partial charge in [-0.1, -0.05) is 6.92 Å². The Morgan fingerprint density at radius 3 is 1.94 bits per heavy atom. The van der Waals surface area contributed by atoms with Crippen LogP contribution in [0.1, 0.15) is 26.2 Å². The molecule has 0 saturated carbocycles. The summed E-state index contributed by atoms with van der Waals surface area (Å²) in [4.78, 5) is 29.6. The lowest BCUT2D eigenvalue weighted by Gasteiger charge is -2.34. The number of carbonyl (C=O) groups is 2. The molecular weight excluding hydrogens is 230 g/mol. The Balaban J connectivity index is 1.73. The number of piperazine rings is 1. The van der Waals surface area contributed by atoms with Crippen molar-refractivity contribution in [1.29, 1.82) is 0 Å². The van der Waals surface area contributed by atoms with E-state index in [0.717, 1.165) is 52.1 Å². The highest BCUT2D eigenvalue weighted by atomic mass is 16.2. The van der Waals surface area contributed by atoms with Crippen LogP contribution in [0, 0.1) is 0 Å². The van der Waals surface area contributed by atoms with Gasteiger partial charge in [-0.2, -0.15) is 0 Å². The third-order valence-electron chi connectivity index (χ3n) is 3.85. The zero-order valence-corrected chi connectivity index (χ0v) is 11.2. The van der Waals surface area contributed by atoms with Gasteiger partial charge in [0.15, 0.2) is 0 Å². The van der Waals surface area contributed by atoms with Crippen molar-refractivity contribution in [3.63, 3.8) is 0 Å². The predicted molar refractivity (Wildman–Crippen MR) is 69.1 cm³/mol. The highest BCUT2D eigenvalue weighted by Crippen LogP contribution is 2.09. The molecule has 0 aromatic carbocycles. The molecule has 0 atom stereocenters. The summed E-state index contributed by atoms with van der Waals surface area (Å²) < 4.78 is 0. The minimum atomic E-state index is 0.223. The van der Waals surface area contributed by atoms with Gasteiger partial charge < -0.3 is 9.80 Å². The first-order valence-electron chi connectivity index (χ1n) is 6.98. The first kappa shape index (κ1) is 13.3. The Kier molecular flexibility index (Phi) is 4.58. The Labute approximate surface area is 109 Å². The van der Waals surface area contributed by atoms with Crippen molar-refractivity contribution in [2.75, 3.05) is 45.8 Å². The average molecular weight is 253 g/mol. The van der Waals surface area contributed by atoms with Gasteiger partial charge in [0, 0.05) is 45.7 Å². The summed E-state index contributed by atoms with van der Waals surface area (Å²) in [6.45, 7) is 7.44. The number of amides is 2. The Hall–Kier alpha value is -1.10. The number of hydrogen-bond donors (Lipinski definition) is 0. The molecule has 0 aromatic rings. The second kappa shape index (κ2) is 6.18. The fourth-order valence-corrected chi connectivity index (χ4v) is 2.64. The van der Waals surface area contributed by atoms with Crippen molar-refractivity contribution in [3.05, 3.63) is 0 Å². The van der Waals surface area contributed by atoms with Crippen LogP contribution < -0.4 is 0 Å². The van der Waals surface area contributed by atoms with Crippen molar-refractivity contribution >= 4 is 11.8 Å². The summed E-state index contributed by atoms with van der Waals surface area (Å²) in [5, 5.41) is 0. The fourth-order valence-electron chi connectivity index (χ4n) is 2.64. The highest BCUT2D eigenvalue weighted by Gasteiger charge is 2.24. The lowest BCUT2D eigenvalue weighted by molar-refractivity contribution is -0.134. The monoisotopic (exact) mass is 253 g/mol. The van der Waals surface area contributed by atoms with Crippen LogP contribution in [-0.2, 0) is 9.59 Å². The van der Waals surface area contributed by atoms with Gasteiger partial charge >= 0.3 is 0 Å². The Morgan fingerprint density at radius 2 is 1.39 bits per heavy atom. The van der Waals surface area contributed by atoms with E-state index >= 15 is 0 Å². The summed E-state index contributed by atoms with van der Waals surface area (Å²) in [6.07, 6.45) is 2.86. The van der Waals surface area contributed by atoms with Crippen LogP contribution in [0.25, 0.3) is 0 Å². The van der Waals surface area contributed by atoms with Crippen molar-refractivity contribution in [2.24, 2.45) is 0 Å². The van der Waals surface area contributed by atoms with E-state index in [0.29, 0.717) is 13.0 Å². The van der Waals surface area contributed by atoms with Crippen LogP contribution in [0.5, 0.6) is 0 Å². The van der Waals surface area contributed by atoms with E-state index in [4.69, 9.17) is 0 Å². The Morgan fingerprint density at radius 1 is 0.833 bits per heavy atom. The lowest BCUT2D eigenvalue weighted by Crippen LogP contribution is -2.51. The molecule has 0 bridgehead atoms. The van der Waals surface area contributed by atoms with E-state index in [-0.39, 0.29) is 11.8 Å². The maximum absolute atomic E-state index is 12.0. The predicted octanol–water partition coefficient (Wildman–Crippen LogP) is 0.163. The number of rotatable bonds is 3. The fraction of sp³-hybridized carbons (Fsp3) is 0.846. The third kappa shape index (κ3) is 3.22. The first-order valence-corrected chi connectivity index (χ1v) is 6.98. The van der Waals surface area contributed by atoms with Crippen molar-refractivity contribution < 1.29 is 9.59 Å². The standard InChI is InChI=1S/C13H23N3O2/c1-2-12(17)16-9-7-14(8-10-16)11-13(18)15-5-3-4-6-15/h2-11H2,1H3. The minimum Gasteiger partial charge on any atom is -0.342 e. The van der Waals surface area contributed by atoms with E-state index in [9.17, 15) is 9.59 Å². The molecule has 2 aliphatic heterocycles. The number of hydrogen-bond acceptors (Lipinski definition) is 3. The van der Waals surface area contributed by atoms with Crippen molar-refractivity contribution in [3.8, 4) is 0 Å². The van der Waals surface area contributed by atoms with Gasteiger partial charge in [0.25, 0.3) is 0 Å². The zero-order chi connectivity index (χ0) is 13.0. The minimum absolute atomic E-state index is 0.223. The lowest BCUT2D eigenvalue weighted by atomic mass is 10.3. The third-order valence-corrected chi connectivity index (χ3v) is 3.85. The molecule has 2 fully saturated rings. The van der Waals surface area contributed by atoms with Gasteiger partial charge in [0.2, 0.25) is 11.8 Å². The van der Waals surface area contributed by atoms with Crippen LogP contribution in [0.15, 0.2) is 0 Å². The van der Waals surface area contributed by atoms with Crippen molar-refractivity contribution in [2.45, 2.75) is 26.2 Å². The molecule has 0 unspecified atom stereocenters. The molecule has 2 rings (SSSR count). The molecule has 0 aromatic heterocycles. The molecule has 0 radical (unpaired) electrons. The number of likely N-dealkylation sites (tertiary alicyclic amines) is 1. The smallest absolute Gasteiger partial charge is 0.236 e. The molecular formula is C13H23N3O2. The van der Waals surface area contributed by atoms with E-state index in [1.54, 1.807) is 0 Å². The van der Waals surface area contributed by atoms with Crippen LogP contribution in [-0.4, -0.2) is 72.3 Å². The van der Waals surface area contributed by atoms with Gasteiger partial charge in [0.05, 0.1) is 6.54 Å². The molecule has 2 amide bonds. The number of nitrogens with zero attached hydrogens (tertiary/aromatic N) is 3. The topological polar surface area (TPSA) is 43.9 Å². The van der Waals surface area contributed by atoms with Gasteiger partial charge in [-0.05, 0) is 12.8 Å². The van der Waals surface area contributed by atoms with Crippen LogP contribution in [0.4, 0.5) is 0 Å². The van der Waals surface area contributed by atoms with E-state index in [2.05, 4.69) is 4.90 Å². The van der Waals surface area contributed by atoms with E-state index < -0.39 is 0 Å². The molecule has 18 heavy (non-hydrogen) atoms. The maximum Gasteiger partial charge on any atom is 0.236 e. The highest BCUT2D eigenvalue weighted by molar-refractivity contribution is 5.78. The summed E-state index contributed by atoms with van der Waals surface area (Å²) in [5.41, 5.74) is 0. The van der Waals surface area contributed by atoms with Crippen molar-refractivity contribution in [1.82, 2.24) is 14.7 Å². The van der Waals surface area contributed by atoms with Crippen LogP contribution >= 0.6 is 0 Å². The second-order valence-electron chi connectivity index (χ2n) is 5.10. The molecule has 5 nitrogen and oxygen atoms in total. The Bertz CT molecular complexity index is 305. The molecule has 0 spiro atoms. The maximum atomic E-state index is 12.0. The molecule has 2 saturated heterocycles. The SMILES string of the molecule is CCC(=O)N1CCN(CC(=O)N2CCCC2)CC1. The summed E-state index contributed by atoms with van der Waals surface area (Å²) in [7, 11) is 0. The summed E-state index contributed by atoms with van der Waals surface area (Å²) >= 11 is 0. The largest absolute Gasteiger partial charge is 0.342 e. The van der Waals surface area contributed by atoms with E-state index in [1.165, 1.54) is 0 Å². The molecule has 0 N–H and O–H groups in total. The molecule has 0 aliphatic carbocycles. The molecule has 2 aliphatic rings. The van der Waals surface area contributed by atoms with Gasteiger partial charge in [-0.3, -0.25) is 14.5 Å². The average Bonchev–Trinajstić information content (AvgIpc) is 2.92. The van der Waals surface area contributed by atoms with Gasteiger partial charge in [-0.15, -0.1) is 0 Å². The summed E-state index contributed by atoms with van der Waals surface area (Å²) in [5.74, 6) is 0.475. The summed E-state index contributed by atoms with van der Waals surface area (Å²) in [6, 6.07) is 0. The molecule has 102 valence electrons. The molecule has 2 heterocycles. The first-order chi connectivity index (χ1) is 8.70. The number of carbonyl (C=O) groups excluding carboxylic acids is 2. The van der Waals surface area contributed by atoms with Gasteiger partial charge in [0.1, 0.15) is 0 Å². The second-order valence-corrected chi connectivity index (χ2v) is 5.10.